The molecule has 10 nitrogen and oxygen atoms in total. The van der Waals surface area contributed by atoms with Crippen LogP contribution in [-0.2, 0) is 14.3 Å². The largest absolute Gasteiger partial charge is 0.478 e. The quantitative estimate of drug-likeness (QED) is 0.488. The van der Waals surface area contributed by atoms with Crippen LogP contribution in [0.5, 0.6) is 0 Å². The Hall–Kier alpha value is -4.48. The van der Waals surface area contributed by atoms with Crippen molar-refractivity contribution in [3.63, 3.8) is 0 Å². The number of rotatable bonds is 7. The van der Waals surface area contributed by atoms with E-state index < -0.39 is 35.6 Å². The van der Waals surface area contributed by atoms with Gasteiger partial charge in [0.15, 0.2) is 5.78 Å². The zero-order valence-corrected chi connectivity index (χ0v) is 22.7. The standard InChI is InChI=1S/C29H30F2N4O6/c1-3-17-10-22(28(38)39)27(37)21-12-24(31)26(13-20(17)21)34-8-6-33(7-9-34)25-5-4-18(11-23(25)30)35-15-19(41-29(35)40)14-32-16(2)36/h4-5,10-13,17,19H,3,6-9,14-15H2,1-2H3,(H,32,36)(H,38,39)/t17?,19-/m0/s1. The SMILES string of the molecule is CCC1C=C(C(=O)O)C(=O)c2cc(F)c(N3CCN(c4ccc(N5C[C@H](CNC(C)=O)OC5=O)cc4F)CC3)cc21. The Labute approximate surface area is 235 Å². The molecule has 2 atom stereocenters. The lowest BCUT2D eigenvalue weighted by Gasteiger charge is -2.38. The second-order valence-corrected chi connectivity index (χ2v) is 10.3. The number of carbonyl (C=O) groups is 4. The van der Waals surface area contributed by atoms with E-state index in [9.17, 15) is 24.3 Å². The molecule has 2 saturated heterocycles. The number of carbonyl (C=O) groups excluding carboxylic acids is 3. The number of carboxylic acids is 1. The number of ether oxygens (including phenoxy) is 1. The van der Waals surface area contributed by atoms with E-state index in [1.54, 1.807) is 18.2 Å². The van der Waals surface area contributed by atoms with Crippen molar-refractivity contribution >= 4 is 40.8 Å². The monoisotopic (exact) mass is 568 g/mol. The molecule has 1 aliphatic carbocycles. The molecular formula is C29H30F2N4O6. The Morgan fingerprint density at radius 3 is 2.29 bits per heavy atom. The Morgan fingerprint density at radius 2 is 1.68 bits per heavy atom. The summed E-state index contributed by atoms with van der Waals surface area (Å²) in [6.07, 6.45) is 0.836. The van der Waals surface area contributed by atoms with Crippen LogP contribution in [-0.4, -0.2) is 74.2 Å². The number of nitrogens with one attached hydrogen (secondary N) is 1. The van der Waals surface area contributed by atoms with Gasteiger partial charge in [0.25, 0.3) is 0 Å². The molecule has 0 radical (unpaired) electrons. The summed E-state index contributed by atoms with van der Waals surface area (Å²) >= 11 is 0. The van der Waals surface area contributed by atoms with Crippen LogP contribution in [0.4, 0.5) is 30.6 Å². The minimum absolute atomic E-state index is 0.0714. The molecule has 2 aromatic carbocycles. The van der Waals surface area contributed by atoms with Gasteiger partial charge in [0.1, 0.15) is 23.3 Å². The molecule has 2 heterocycles. The molecule has 0 aromatic heterocycles. The number of allylic oxidation sites excluding steroid dienone is 1. The predicted molar refractivity (Wildman–Crippen MR) is 147 cm³/mol. The summed E-state index contributed by atoms with van der Waals surface area (Å²) in [4.78, 5) is 52.6. The van der Waals surface area contributed by atoms with Crippen molar-refractivity contribution in [3.05, 3.63) is 64.7 Å². The fourth-order valence-electron chi connectivity index (χ4n) is 5.55. The van der Waals surface area contributed by atoms with Crippen molar-refractivity contribution in [2.45, 2.75) is 32.3 Å². The molecule has 2 aliphatic heterocycles. The molecule has 41 heavy (non-hydrogen) atoms. The number of Topliss-reactive ketones (excluding diaryl/α,β-unsaturated/α-hetero) is 1. The molecule has 2 N–H and O–H groups in total. The minimum atomic E-state index is -1.33. The highest BCUT2D eigenvalue weighted by molar-refractivity contribution is 6.25. The van der Waals surface area contributed by atoms with Crippen molar-refractivity contribution in [1.82, 2.24) is 5.32 Å². The van der Waals surface area contributed by atoms with E-state index in [-0.39, 0.29) is 36.1 Å². The lowest BCUT2D eigenvalue weighted by Crippen LogP contribution is -2.47. The maximum absolute atomic E-state index is 15.2. The van der Waals surface area contributed by atoms with Crippen LogP contribution in [0.2, 0.25) is 0 Å². The van der Waals surface area contributed by atoms with Gasteiger partial charge in [0.05, 0.1) is 30.2 Å². The van der Waals surface area contributed by atoms with E-state index in [0.29, 0.717) is 55.2 Å². The lowest BCUT2D eigenvalue weighted by molar-refractivity contribution is -0.132. The van der Waals surface area contributed by atoms with Gasteiger partial charge in [-0.15, -0.1) is 0 Å². The Morgan fingerprint density at radius 1 is 1.02 bits per heavy atom. The number of amides is 2. The van der Waals surface area contributed by atoms with Crippen molar-refractivity contribution in [3.8, 4) is 0 Å². The van der Waals surface area contributed by atoms with Crippen LogP contribution in [0.15, 0.2) is 42.0 Å². The number of hydrogen-bond acceptors (Lipinski definition) is 7. The number of piperazine rings is 1. The van der Waals surface area contributed by atoms with Gasteiger partial charge >= 0.3 is 12.1 Å². The fourth-order valence-corrected chi connectivity index (χ4v) is 5.55. The third kappa shape index (κ3) is 5.46. The Bertz CT molecular complexity index is 1450. The highest BCUT2D eigenvalue weighted by Crippen LogP contribution is 2.37. The Balaban J connectivity index is 1.27. The first-order chi connectivity index (χ1) is 19.6. The average Bonchev–Trinajstić information content (AvgIpc) is 3.32. The topological polar surface area (TPSA) is 119 Å². The number of anilines is 3. The van der Waals surface area contributed by atoms with E-state index in [2.05, 4.69) is 5.32 Å². The van der Waals surface area contributed by atoms with Crippen molar-refractivity contribution in [1.29, 1.82) is 0 Å². The fraction of sp³-hybridized carbons (Fsp3) is 0.379. The van der Waals surface area contributed by atoms with Crippen LogP contribution in [0.1, 0.15) is 42.1 Å². The van der Waals surface area contributed by atoms with Gasteiger partial charge in [-0.3, -0.25) is 14.5 Å². The number of nitrogens with zero attached hydrogens (tertiary/aromatic N) is 3. The number of ketones is 1. The summed E-state index contributed by atoms with van der Waals surface area (Å²) in [5.41, 5.74) is 1.34. The molecular weight excluding hydrogens is 538 g/mol. The zero-order chi connectivity index (χ0) is 29.4. The van der Waals surface area contributed by atoms with Gasteiger partial charge in [0, 0.05) is 44.6 Å². The lowest BCUT2D eigenvalue weighted by atomic mass is 9.81. The summed E-state index contributed by atoms with van der Waals surface area (Å²) in [5.74, 6) is -3.72. The third-order valence-corrected chi connectivity index (χ3v) is 7.70. The molecule has 3 aliphatic rings. The number of hydrogen-bond donors (Lipinski definition) is 2. The smallest absolute Gasteiger partial charge is 0.414 e. The van der Waals surface area contributed by atoms with Crippen molar-refractivity contribution in [2.75, 3.05) is 54.0 Å². The molecule has 216 valence electrons. The average molecular weight is 569 g/mol. The maximum atomic E-state index is 15.2. The number of aliphatic carboxylic acids is 1. The number of fused-ring (bicyclic) bond motifs is 1. The zero-order valence-electron chi connectivity index (χ0n) is 22.7. The van der Waals surface area contributed by atoms with Gasteiger partial charge < -0.3 is 25.0 Å². The summed E-state index contributed by atoms with van der Waals surface area (Å²) in [7, 11) is 0. The summed E-state index contributed by atoms with van der Waals surface area (Å²) in [6.45, 7) is 5.17. The van der Waals surface area contributed by atoms with E-state index >= 15 is 8.78 Å². The number of benzene rings is 2. The molecule has 12 heteroatoms. The van der Waals surface area contributed by atoms with Crippen LogP contribution >= 0.6 is 0 Å². The van der Waals surface area contributed by atoms with Crippen molar-refractivity contribution < 1.29 is 37.8 Å². The van der Waals surface area contributed by atoms with Crippen LogP contribution in [0.25, 0.3) is 0 Å². The normalized spacial score (nSPS) is 20.5. The van der Waals surface area contributed by atoms with E-state index in [1.165, 1.54) is 24.0 Å². The van der Waals surface area contributed by atoms with Gasteiger partial charge in [-0.25, -0.2) is 18.4 Å². The number of carboxylic acid groups (broad SMARTS) is 1. The first kappa shape index (κ1) is 28.1. The molecule has 0 bridgehead atoms. The summed E-state index contributed by atoms with van der Waals surface area (Å²) in [5, 5.41) is 12.0. The second-order valence-electron chi connectivity index (χ2n) is 10.3. The molecule has 1 unspecified atom stereocenters. The molecule has 2 amide bonds. The van der Waals surface area contributed by atoms with Crippen LogP contribution in [0.3, 0.4) is 0 Å². The maximum Gasteiger partial charge on any atom is 0.414 e. The van der Waals surface area contributed by atoms with Crippen molar-refractivity contribution in [2.24, 2.45) is 0 Å². The van der Waals surface area contributed by atoms with Gasteiger partial charge in [-0.05, 0) is 42.3 Å². The predicted octanol–water partition coefficient (Wildman–Crippen LogP) is 3.45. The molecule has 2 fully saturated rings. The van der Waals surface area contributed by atoms with Crippen LogP contribution < -0.4 is 20.0 Å². The first-order valence-corrected chi connectivity index (χ1v) is 13.4. The molecule has 2 aromatic rings. The van der Waals surface area contributed by atoms with E-state index in [0.717, 1.165) is 6.07 Å². The number of cyclic esters (lactones) is 1. The van der Waals surface area contributed by atoms with E-state index in [4.69, 9.17) is 4.74 Å². The second kappa shape index (κ2) is 11.2. The summed E-state index contributed by atoms with van der Waals surface area (Å²) in [6, 6.07) is 7.26. The van der Waals surface area contributed by atoms with Gasteiger partial charge in [-0.1, -0.05) is 13.0 Å². The van der Waals surface area contributed by atoms with E-state index in [1.807, 2.05) is 16.7 Å². The Kier molecular flexibility index (Phi) is 7.65. The van der Waals surface area contributed by atoms with Crippen LogP contribution in [0, 0.1) is 11.6 Å². The number of halogens is 2. The van der Waals surface area contributed by atoms with Gasteiger partial charge in [-0.2, -0.15) is 0 Å². The highest BCUT2D eigenvalue weighted by Gasteiger charge is 2.34. The van der Waals surface area contributed by atoms with Gasteiger partial charge in [0.2, 0.25) is 5.91 Å². The first-order valence-electron chi connectivity index (χ1n) is 13.4. The highest BCUT2D eigenvalue weighted by atomic mass is 19.1. The molecule has 5 rings (SSSR count). The molecule has 0 spiro atoms. The minimum Gasteiger partial charge on any atom is -0.478 e. The summed E-state index contributed by atoms with van der Waals surface area (Å²) < 4.78 is 35.7. The molecule has 0 saturated carbocycles. The third-order valence-electron chi connectivity index (χ3n) is 7.70.